The standard InChI is InChI=1S/C15H11N3O2/c19-18(20)14-8-6-13(7-9-14)17-11-10-15(16-17)12-4-2-1-3-5-12/h1-11H. The van der Waals surface area contributed by atoms with Crippen molar-refractivity contribution in [3.05, 3.63) is 77.0 Å². The molecule has 0 N–H and O–H groups in total. The number of benzene rings is 2. The smallest absolute Gasteiger partial charge is 0.258 e. The molecule has 3 aromatic rings. The molecule has 0 spiro atoms. The molecule has 20 heavy (non-hydrogen) atoms. The molecule has 0 aliphatic heterocycles. The van der Waals surface area contributed by atoms with Gasteiger partial charge < -0.3 is 0 Å². The van der Waals surface area contributed by atoms with E-state index in [0.717, 1.165) is 16.9 Å². The van der Waals surface area contributed by atoms with Gasteiger partial charge in [0.15, 0.2) is 0 Å². The molecule has 0 fully saturated rings. The molecule has 0 saturated heterocycles. The maximum absolute atomic E-state index is 10.6. The number of hydrogen-bond acceptors (Lipinski definition) is 3. The second-order valence-corrected chi connectivity index (χ2v) is 4.29. The number of hydrogen-bond donors (Lipinski definition) is 0. The summed E-state index contributed by atoms with van der Waals surface area (Å²) < 4.78 is 1.70. The molecule has 0 aliphatic rings. The molecule has 98 valence electrons. The second kappa shape index (κ2) is 4.97. The first kappa shape index (κ1) is 12.1. The Morgan fingerprint density at radius 3 is 2.30 bits per heavy atom. The van der Waals surface area contributed by atoms with Crippen molar-refractivity contribution in [1.82, 2.24) is 9.78 Å². The Labute approximate surface area is 115 Å². The van der Waals surface area contributed by atoms with E-state index in [4.69, 9.17) is 0 Å². The zero-order valence-corrected chi connectivity index (χ0v) is 10.5. The molecule has 0 amide bonds. The zero-order chi connectivity index (χ0) is 13.9. The minimum atomic E-state index is -0.414. The van der Waals surface area contributed by atoms with Gasteiger partial charge in [0.25, 0.3) is 5.69 Å². The van der Waals surface area contributed by atoms with E-state index in [9.17, 15) is 10.1 Å². The van der Waals surface area contributed by atoms with Crippen LogP contribution in [-0.4, -0.2) is 14.7 Å². The third kappa shape index (κ3) is 2.29. The average molecular weight is 265 g/mol. The summed E-state index contributed by atoms with van der Waals surface area (Å²) in [5, 5.41) is 15.1. The lowest BCUT2D eigenvalue weighted by atomic mass is 10.2. The molecule has 5 nitrogen and oxygen atoms in total. The molecule has 0 atom stereocenters. The Bertz CT molecular complexity index is 733. The van der Waals surface area contributed by atoms with Gasteiger partial charge in [0.1, 0.15) is 0 Å². The molecule has 0 aliphatic carbocycles. The number of nitro groups is 1. The van der Waals surface area contributed by atoms with E-state index in [1.165, 1.54) is 12.1 Å². The first-order valence-electron chi connectivity index (χ1n) is 6.10. The molecular weight excluding hydrogens is 254 g/mol. The quantitative estimate of drug-likeness (QED) is 0.538. The van der Waals surface area contributed by atoms with Gasteiger partial charge in [0.2, 0.25) is 0 Å². The first-order valence-corrected chi connectivity index (χ1v) is 6.10. The van der Waals surface area contributed by atoms with Crippen molar-refractivity contribution in [2.45, 2.75) is 0 Å². The lowest BCUT2D eigenvalue weighted by molar-refractivity contribution is -0.384. The normalized spacial score (nSPS) is 10.4. The van der Waals surface area contributed by atoms with E-state index >= 15 is 0 Å². The van der Waals surface area contributed by atoms with Crippen LogP contribution in [0, 0.1) is 10.1 Å². The van der Waals surface area contributed by atoms with Crippen LogP contribution in [0.2, 0.25) is 0 Å². The monoisotopic (exact) mass is 265 g/mol. The van der Waals surface area contributed by atoms with Crippen molar-refractivity contribution >= 4 is 5.69 Å². The number of nitrogens with zero attached hydrogens (tertiary/aromatic N) is 3. The lowest BCUT2D eigenvalue weighted by Gasteiger charge is -2.00. The Balaban J connectivity index is 1.92. The van der Waals surface area contributed by atoms with Crippen LogP contribution in [0.5, 0.6) is 0 Å². The van der Waals surface area contributed by atoms with Crippen LogP contribution in [0.4, 0.5) is 5.69 Å². The highest BCUT2D eigenvalue weighted by Crippen LogP contribution is 2.19. The molecule has 5 heteroatoms. The van der Waals surface area contributed by atoms with Gasteiger partial charge in [-0.3, -0.25) is 10.1 Å². The highest BCUT2D eigenvalue weighted by Gasteiger charge is 2.06. The van der Waals surface area contributed by atoms with Gasteiger partial charge in [-0.05, 0) is 18.2 Å². The van der Waals surface area contributed by atoms with Gasteiger partial charge in [-0.15, -0.1) is 0 Å². The topological polar surface area (TPSA) is 61.0 Å². The SMILES string of the molecule is O=[N+]([O-])c1ccc(-n2ccc(-c3ccccc3)n2)cc1. The van der Waals surface area contributed by atoms with Crippen LogP contribution in [0.1, 0.15) is 0 Å². The van der Waals surface area contributed by atoms with Crippen LogP contribution in [-0.2, 0) is 0 Å². The van der Waals surface area contributed by atoms with E-state index < -0.39 is 4.92 Å². The van der Waals surface area contributed by atoms with Crippen molar-refractivity contribution in [2.24, 2.45) is 0 Å². The molecule has 1 aromatic heterocycles. The Morgan fingerprint density at radius 1 is 0.950 bits per heavy atom. The van der Waals surface area contributed by atoms with Gasteiger partial charge >= 0.3 is 0 Å². The third-order valence-corrected chi connectivity index (χ3v) is 2.98. The Morgan fingerprint density at radius 2 is 1.65 bits per heavy atom. The fourth-order valence-electron chi connectivity index (χ4n) is 1.96. The predicted octanol–water partition coefficient (Wildman–Crippen LogP) is 3.45. The van der Waals surface area contributed by atoms with E-state index in [2.05, 4.69) is 5.10 Å². The minimum Gasteiger partial charge on any atom is -0.258 e. The molecule has 0 unspecified atom stereocenters. The second-order valence-electron chi connectivity index (χ2n) is 4.29. The lowest BCUT2D eigenvalue weighted by Crippen LogP contribution is -1.95. The van der Waals surface area contributed by atoms with Crippen LogP contribution in [0.15, 0.2) is 66.9 Å². The highest BCUT2D eigenvalue weighted by molar-refractivity contribution is 5.58. The highest BCUT2D eigenvalue weighted by atomic mass is 16.6. The predicted molar refractivity (Wildman–Crippen MR) is 75.7 cm³/mol. The van der Waals surface area contributed by atoms with E-state index in [1.54, 1.807) is 16.8 Å². The summed E-state index contributed by atoms with van der Waals surface area (Å²) in [5.74, 6) is 0. The maximum atomic E-state index is 10.6. The number of aromatic nitrogens is 2. The molecule has 0 saturated carbocycles. The zero-order valence-electron chi connectivity index (χ0n) is 10.5. The van der Waals surface area contributed by atoms with Crippen molar-refractivity contribution in [2.75, 3.05) is 0 Å². The summed E-state index contributed by atoms with van der Waals surface area (Å²) in [6.45, 7) is 0. The van der Waals surface area contributed by atoms with Crippen LogP contribution < -0.4 is 0 Å². The van der Waals surface area contributed by atoms with Crippen molar-refractivity contribution < 1.29 is 4.92 Å². The average Bonchev–Trinajstić information content (AvgIpc) is 2.98. The molecule has 2 aromatic carbocycles. The Kier molecular flexibility index (Phi) is 3.01. The van der Waals surface area contributed by atoms with Crippen LogP contribution >= 0.6 is 0 Å². The first-order chi connectivity index (χ1) is 9.74. The van der Waals surface area contributed by atoms with Gasteiger partial charge in [0, 0.05) is 23.9 Å². The fraction of sp³-hybridized carbons (Fsp3) is 0. The van der Waals surface area contributed by atoms with E-state index in [0.29, 0.717) is 0 Å². The molecule has 1 heterocycles. The van der Waals surface area contributed by atoms with E-state index in [-0.39, 0.29) is 5.69 Å². The summed E-state index contributed by atoms with van der Waals surface area (Å²) in [6.07, 6.45) is 1.84. The summed E-state index contributed by atoms with van der Waals surface area (Å²) in [6, 6.07) is 18.1. The number of non-ortho nitro benzene ring substituents is 1. The molecule has 0 radical (unpaired) electrons. The van der Waals surface area contributed by atoms with Gasteiger partial charge in [-0.25, -0.2) is 4.68 Å². The summed E-state index contributed by atoms with van der Waals surface area (Å²) >= 11 is 0. The van der Waals surface area contributed by atoms with Crippen molar-refractivity contribution in [3.8, 4) is 16.9 Å². The maximum Gasteiger partial charge on any atom is 0.269 e. The fourth-order valence-corrected chi connectivity index (χ4v) is 1.96. The summed E-state index contributed by atoms with van der Waals surface area (Å²) in [5.41, 5.74) is 2.76. The molecule has 3 rings (SSSR count). The van der Waals surface area contributed by atoms with Crippen LogP contribution in [0.3, 0.4) is 0 Å². The van der Waals surface area contributed by atoms with Crippen molar-refractivity contribution in [1.29, 1.82) is 0 Å². The third-order valence-electron chi connectivity index (χ3n) is 2.98. The largest absolute Gasteiger partial charge is 0.269 e. The summed E-state index contributed by atoms with van der Waals surface area (Å²) in [7, 11) is 0. The number of nitro benzene ring substituents is 1. The van der Waals surface area contributed by atoms with Gasteiger partial charge in [-0.1, -0.05) is 30.3 Å². The summed E-state index contributed by atoms with van der Waals surface area (Å²) in [4.78, 5) is 10.2. The molecular formula is C15H11N3O2. The van der Waals surface area contributed by atoms with Crippen molar-refractivity contribution in [3.63, 3.8) is 0 Å². The van der Waals surface area contributed by atoms with Crippen LogP contribution in [0.25, 0.3) is 16.9 Å². The minimum absolute atomic E-state index is 0.0733. The Hall–Kier alpha value is -2.95. The van der Waals surface area contributed by atoms with Gasteiger partial charge in [0.05, 0.1) is 16.3 Å². The van der Waals surface area contributed by atoms with E-state index in [1.807, 2.05) is 42.6 Å². The van der Waals surface area contributed by atoms with Gasteiger partial charge in [-0.2, -0.15) is 5.10 Å². The number of rotatable bonds is 3. The molecule has 0 bridgehead atoms.